The monoisotopic (exact) mass is 310 g/mol. The Morgan fingerprint density at radius 2 is 2.18 bits per heavy atom. The van der Waals surface area contributed by atoms with Gasteiger partial charge in [-0.15, -0.1) is 0 Å². The molecule has 1 heterocycles. The topological polar surface area (TPSA) is 20.7 Å². The Balaban J connectivity index is 2.21. The molecule has 1 aromatic carbocycles. The van der Waals surface area contributed by atoms with Crippen LogP contribution in [0.2, 0.25) is 0 Å². The van der Waals surface area contributed by atoms with Crippen LogP contribution >= 0.6 is 28.1 Å². The molecule has 0 spiro atoms. The number of nitrogens with zero attached hydrogens (tertiary/aromatic N) is 1. The maximum absolute atomic E-state index is 5.34. The molecule has 90 valence electrons. The summed E-state index contributed by atoms with van der Waals surface area (Å²) in [6.07, 6.45) is 2.18. The number of H-pyrrole nitrogens is 1. The van der Waals surface area contributed by atoms with Gasteiger partial charge in [0.25, 0.3) is 0 Å². The lowest BCUT2D eigenvalue weighted by atomic mass is 10.2. The molecule has 0 aliphatic rings. The Hall–Kier alpha value is -0.870. The van der Waals surface area contributed by atoms with Gasteiger partial charge in [0.1, 0.15) is 4.64 Å². The van der Waals surface area contributed by atoms with Crippen molar-refractivity contribution in [1.82, 2.24) is 9.78 Å². The van der Waals surface area contributed by atoms with Crippen molar-refractivity contribution in [3.8, 4) is 0 Å². The van der Waals surface area contributed by atoms with E-state index in [2.05, 4.69) is 46.2 Å². The number of hydrogen-bond acceptors (Lipinski definition) is 1. The third-order valence-corrected chi connectivity index (χ3v) is 3.42. The largest absolute Gasteiger partial charge is 0.301 e. The second kappa shape index (κ2) is 5.65. The molecule has 0 aliphatic heterocycles. The Kier molecular flexibility index (Phi) is 4.18. The fourth-order valence-corrected chi connectivity index (χ4v) is 2.52. The number of benzene rings is 1. The van der Waals surface area contributed by atoms with Crippen LogP contribution < -0.4 is 0 Å². The van der Waals surface area contributed by atoms with Crippen molar-refractivity contribution in [2.24, 2.45) is 0 Å². The van der Waals surface area contributed by atoms with Gasteiger partial charge in [0.15, 0.2) is 0 Å². The van der Waals surface area contributed by atoms with Gasteiger partial charge in [0.2, 0.25) is 0 Å². The third kappa shape index (κ3) is 3.30. The Morgan fingerprint density at radius 3 is 2.88 bits per heavy atom. The van der Waals surface area contributed by atoms with Crippen LogP contribution in [0.15, 0.2) is 34.8 Å². The first-order valence-electron chi connectivity index (χ1n) is 5.72. The highest BCUT2D eigenvalue weighted by Gasteiger charge is 2.01. The van der Waals surface area contributed by atoms with Crippen molar-refractivity contribution in [3.05, 3.63) is 50.7 Å². The van der Waals surface area contributed by atoms with Crippen LogP contribution in [0, 0.1) is 4.64 Å². The first kappa shape index (κ1) is 12.6. The van der Waals surface area contributed by atoms with E-state index in [4.69, 9.17) is 12.2 Å². The van der Waals surface area contributed by atoms with E-state index in [0.29, 0.717) is 0 Å². The second-order valence-electron chi connectivity index (χ2n) is 4.09. The molecule has 4 heteroatoms. The highest BCUT2D eigenvalue weighted by Crippen LogP contribution is 2.13. The van der Waals surface area contributed by atoms with Gasteiger partial charge in [-0.25, -0.2) is 0 Å². The zero-order valence-electron chi connectivity index (χ0n) is 9.74. The summed E-state index contributed by atoms with van der Waals surface area (Å²) in [4.78, 5) is 0. The van der Waals surface area contributed by atoms with Gasteiger partial charge < -0.3 is 5.10 Å². The first-order valence-corrected chi connectivity index (χ1v) is 6.92. The summed E-state index contributed by atoms with van der Waals surface area (Å²) in [6.45, 7) is 2.96. The van der Waals surface area contributed by atoms with E-state index < -0.39 is 0 Å². The molecule has 0 unspecified atom stereocenters. The molecule has 0 atom stereocenters. The Morgan fingerprint density at radius 1 is 1.35 bits per heavy atom. The summed E-state index contributed by atoms with van der Waals surface area (Å²) in [5.41, 5.74) is 2.45. The standard InChI is InChI=1S/C13H15BrN2S/c1-2-4-12-8-13(17)16(15-12)9-10-5-3-6-11(14)7-10/h3,5-8,15H,2,4,9H2,1H3. The third-order valence-electron chi connectivity index (χ3n) is 2.59. The molecule has 0 fully saturated rings. The van der Waals surface area contributed by atoms with Crippen LogP contribution in [-0.2, 0) is 13.0 Å². The molecule has 1 aromatic heterocycles. The van der Waals surface area contributed by atoms with Crippen LogP contribution in [0.5, 0.6) is 0 Å². The number of nitrogens with one attached hydrogen (secondary N) is 1. The first-order chi connectivity index (χ1) is 8.19. The SMILES string of the molecule is CCCc1cc(=S)n(Cc2cccc(Br)c2)[nH]1. The Labute approximate surface area is 115 Å². The van der Waals surface area contributed by atoms with Crippen molar-refractivity contribution in [2.75, 3.05) is 0 Å². The lowest BCUT2D eigenvalue weighted by Crippen LogP contribution is -2.02. The quantitative estimate of drug-likeness (QED) is 0.835. The van der Waals surface area contributed by atoms with Crippen molar-refractivity contribution in [3.63, 3.8) is 0 Å². The highest BCUT2D eigenvalue weighted by atomic mass is 79.9. The van der Waals surface area contributed by atoms with Crippen molar-refractivity contribution < 1.29 is 0 Å². The molecule has 0 radical (unpaired) electrons. The highest BCUT2D eigenvalue weighted by molar-refractivity contribution is 9.10. The summed E-state index contributed by atoms with van der Waals surface area (Å²) in [5.74, 6) is 0. The molecule has 17 heavy (non-hydrogen) atoms. The van der Waals surface area contributed by atoms with Crippen molar-refractivity contribution >= 4 is 28.1 Å². The molecule has 2 nitrogen and oxygen atoms in total. The molecule has 0 saturated heterocycles. The van der Waals surface area contributed by atoms with E-state index in [1.165, 1.54) is 11.3 Å². The summed E-state index contributed by atoms with van der Waals surface area (Å²) in [7, 11) is 0. The van der Waals surface area contributed by atoms with Gasteiger partial charge in [-0.3, -0.25) is 4.68 Å². The fourth-order valence-electron chi connectivity index (χ4n) is 1.82. The number of halogens is 1. The van der Waals surface area contributed by atoms with E-state index in [9.17, 15) is 0 Å². The van der Waals surface area contributed by atoms with Crippen LogP contribution in [-0.4, -0.2) is 9.78 Å². The zero-order valence-corrected chi connectivity index (χ0v) is 12.1. The van der Waals surface area contributed by atoms with Gasteiger partial charge in [-0.2, -0.15) is 0 Å². The average Bonchev–Trinajstić information content (AvgIpc) is 2.60. The van der Waals surface area contributed by atoms with E-state index in [-0.39, 0.29) is 0 Å². The van der Waals surface area contributed by atoms with Gasteiger partial charge in [-0.05, 0) is 30.2 Å². The minimum absolute atomic E-state index is 0.794. The summed E-state index contributed by atoms with van der Waals surface area (Å²) < 4.78 is 3.98. The molecule has 2 rings (SSSR count). The van der Waals surface area contributed by atoms with Crippen LogP contribution in [0.1, 0.15) is 24.6 Å². The minimum Gasteiger partial charge on any atom is -0.301 e. The van der Waals surface area contributed by atoms with Crippen molar-refractivity contribution in [1.29, 1.82) is 0 Å². The Bertz CT molecular complexity index is 557. The summed E-state index contributed by atoms with van der Waals surface area (Å²) in [6, 6.07) is 10.3. The van der Waals surface area contributed by atoms with Crippen LogP contribution in [0.4, 0.5) is 0 Å². The number of aromatic nitrogens is 2. The normalized spacial score (nSPS) is 10.7. The smallest absolute Gasteiger partial charge is 0.122 e. The number of hydrogen-bond donors (Lipinski definition) is 1. The average molecular weight is 311 g/mol. The van der Waals surface area contributed by atoms with Crippen molar-refractivity contribution in [2.45, 2.75) is 26.3 Å². The van der Waals surface area contributed by atoms with Gasteiger partial charge in [-0.1, -0.05) is 53.6 Å². The predicted molar refractivity (Wildman–Crippen MR) is 76.9 cm³/mol. The number of aryl methyl sites for hydroxylation is 1. The molecule has 2 aromatic rings. The summed E-state index contributed by atoms with van der Waals surface area (Å²) >= 11 is 8.82. The second-order valence-corrected chi connectivity index (χ2v) is 5.42. The maximum atomic E-state index is 5.34. The maximum Gasteiger partial charge on any atom is 0.122 e. The summed E-state index contributed by atoms with van der Waals surface area (Å²) in [5, 5.41) is 3.35. The van der Waals surface area contributed by atoms with E-state index >= 15 is 0 Å². The minimum atomic E-state index is 0.794. The molecule has 0 bridgehead atoms. The molecule has 0 saturated carbocycles. The molecule has 1 N–H and O–H groups in total. The van der Waals surface area contributed by atoms with E-state index in [0.717, 1.165) is 28.5 Å². The molecular formula is C13H15BrN2S. The lowest BCUT2D eigenvalue weighted by molar-refractivity contribution is 0.660. The van der Waals surface area contributed by atoms with Crippen LogP contribution in [0.3, 0.4) is 0 Å². The molecular weight excluding hydrogens is 296 g/mol. The fraction of sp³-hybridized carbons (Fsp3) is 0.308. The van der Waals surface area contributed by atoms with E-state index in [1.807, 2.05) is 16.8 Å². The zero-order chi connectivity index (χ0) is 12.3. The molecule has 0 amide bonds. The molecule has 0 aliphatic carbocycles. The van der Waals surface area contributed by atoms with Gasteiger partial charge in [0, 0.05) is 10.2 Å². The van der Waals surface area contributed by atoms with Crippen LogP contribution in [0.25, 0.3) is 0 Å². The van der Waals surface area contributed by atoms with E-state index in [1.54, 1.807) is 0 Å². The van der Waals surface area contributed by atoms with Gasteiger partial charge in [0.05, 0.1) is 6.54 Å². The van der Waals surface area contributed by atoms with Gasteiger partial charge >= 0.3 is 0 Å². The number of rotatable bonds is 4. The predicted octanol–water partition coefficient (Wildman–Crippen LogP) is 4.31. The number of aromatic amines is 1. The lowest BCUT2D eigenvalue weighted by Gasteiger charge is -2.04.